The summed E-state index contributed by atoms with van der Waals surface area (Å²) in [7, 11) is 0. The molecule has 5 nitrogen and oxygen atoms in total. The van der Waals surface area contributed by atoms with Crippen molar-refractivity contribution in [3.8, 4) is 6.07 Å². The molecule has 0 spiro atoms. The number of H-pyrrole nitrogens is 1. The molecule has 1 aromatic carbocycles. The van der Waals surface area contributed by atoms with Crippen LogP contribution in [0.4, 0.5) is 0 Å². The average Bonchev–Trinajstić information content (AvgIpc) is 2.39. The quantitative estimate of drug-likeness (QED) is 0.892. The number of benzene rings is 1. The molecule has 0 atom stereocenters. The summed E-state index contributed by atoms with van der Waals surface area (Å²) in [5, 5.41) is 18.2. The van der Waals surface area contributed by atoms with Crippen LogP contribution in [-0.2, 0) is 0 Å². The topological polar surface area (TPSA) is 93.9 Å². The monoisotopic (exact) mass is 272 g/mol. The van der Waals surface area contributed by atoms with Crippen LogP contribution >= 0.6 is 11.8 Å². The maximum absolute atomic E-state index is 11.6. The average molecular weight is 272 g/mol. The zero-order chi connectivity index (χ0) is 13.8. The summed E-state index contributed by atoms with van der Waals surface area (Å²) < 4.78 is 0. The van der Waals surface area contributed by atoms with Crippen LogP contribution in [0.3, 0.4) is 0 Å². The summed E-state index contributed by atoms with van der Waals surface area (Å²) in [6, 6.07) is 12.1. The largest absolute Gasteiger partial charge is 0.477 e. The van der Waals surface area contributed by atoms with E-state index in [1.807, 2.05) is 36.4 Å². The molecule has 0 unspecified atom stereocenters. The molecule has 6 heteroatoms. The first-order chi connectivity index (χ1) is 9.11. The van der Waals surface area contributed by atoms with Crippen LogP contribution in [0, 0.1) is 11.3 Å². The lowest BCUT2D eigenvalue weighted by atomic mass is 10.2. The van der Waals surface area contributed by atoms with E-state index in [9.17, 15) is 9.59 Å². The number of aromatic nitrogens is 1. The van der Waals surface area contributed by atoms with Gasteiger partial charge in [-0.05, 0) is 18.2 Å². The summed E-state index contributed by atoms with van der Waals surface area (Å²) >= 11 is 1.20. The third-order valence-electron chi connectivity index (χ3n) is 2.32. The van der Waals surface area contributed by atoms with Gasteiger partial charge in [-0.1, -0.05) is 30.0 Å². The summed E-state index contributed by atoms with van der Waals surface area (Å²) in [5.74, 6) is -1.35. The van der Waals surface area contributed by atoms with Crippen molar-refractivity contribution in [3.05, 3.63) is 57.9 Å². The lowest BCUT2D eigenvalue weighted by molar-refractivity contribution is 0.0694. The SMILES string of the molecule is N#Cc1cc(C(=O)O)c(=O)[nH]c1Sc1ccccc1. The van der Waals surface area contributed by atoms with Gasteiger partial charge in [0.15, 0.2) is 0 Å². The Hall–Kier alpha value is -2.52. The lowest BCUT2D eigenvalue weighted by Gasteiger charge is -2.04. The van der Waals surface area contributed by atoms with Crippen molar-refractivity contribution in [3.63, 3.8) is 0 Å². The summed E-state index contributed by atoms with van der Waals surface area (Å²) in [6.45, 7) is 0. The van der Waals surface area contributed by atoms with Crippen molar-refractivity contribution in [1.82, 2.24) is 4.98 Å². The molecule has 1 heterocycles. The van der Waals surface area contributed by atoms with Gasteiger partial charge in [0.1, 0.15) is 11.6 Å². The molecule has 0 saturated heterocycles. The number of aromatic carboxylic acids is 1. The number of nitrogens with zero attached hydrogens (tertiary/aromatic N) is 1. The molecular formula is C13H8N2O3S. The highest BCUT2D eigenvalue weighted by Gasteiger charge is 2.14. The molecular weight excluding hydrogens is 264 g/mol. The van der Waals surface area contributed by atoms with Crippen LogP contribution in [0.5, 0.6) is 0 Å². The van der Waals surface area contributed by atoms with Gasteiger partial charge in [-0.3, -0.25) is 4.79 Å². The molecule has 0 bridgehead atoms. The van der Waals surface area contributed by atoms with Crippen molar-refractivity contribution >= 4 is 17.7 Å². The Morgan fingerprint density at radius 1 is 1.32 bits per heavy atom. The van der Waals surface area contributed by atoms with E-state index < -0.39 is 17.1 Å². The summed E-state index contributed by atoms with van der Waals surface area (Å²) in [6.07, 6.45) is 0. The molecule has 2 N–H and O–H groups in total. The van der Waals surface area contributed by atoms with Gasteiger partial charge in [0.25, 0.3) is 5.56 Å². The van der Waals surface area contributed by atoms with E-state index in [0.29, 0.717) is 5.03 Å². The highest BCUT2D eigenvalue weighted by atomic mass is 32.2. The smallest absolute Gasteiger partial charge is 0.341 e. The third kappa shape index (κ3) is 2.84. The van der Waals surface area contributed by atoms with E-state index in [0.717, 1.165) is 11.0 Å². The van der Waals surface area contributed by atoms with Gasteiger partial charge in [0.2, 0.25) is 0 Å². The van der Waals surface area contributed by atoms with Crippen molar-refractivity contribution in [2.24, 2.45) is 0 Å². The van der Waals surface area contributed by atoms with Gasteiger partial charge in [0, 0.05) is 4.90 Å². The Morgan fingerprint density at radius 2 is 2.00 bits per heavy atom. The fourth-order valence-corrected chi connectivity index (χ4v) is 2.33. The second kappa shape index (κ2) is 5.42. The first kappa shape index (κ1) is 12.9. The van der Waals surface area contributed by atoms with Crippen LogP contribution in [0.2, 0.25) is 0 Å². The fraction of sp³-hybridized carbons (Fsp3) is 0. The van der Waals surface area contributed by atoms with Crippen molar-refractivity contribution in [1.29, 1.82) is 5.26 Å². The van der Waals surface area contributed by atoms with Crippen LogP contribution in [0.15, 0.2) is 51.1 Å². The first-order valence-corrected chi connectivity index (χ1v) is 6.07. The Morgan fingerprint density at radius 3 is 2.58 bits per heavy atom. The number of pyridine rings is 1. The Bertz CT molecular complexity index is 717. The van der Waals surface area contributed by atoms with Gasteiger partial charge >= 0.3 is 5.97 Å². The van der Waals surface area contributed by atoms with E-state index in [2.05, 4.69) is 4.98 Å². The summed E-state index contributed by atoms with van der Waals surface area (Å²) in [5.41, 5.74) is -1.02. The third-order valence-corrected chi connectivity index (χ3v) is 3.35. The number of carboxylic acid groups (broad SMARTS) is 1. The van der Waals surface area contributed by atoms with E-state index >= 15 is 0 Å². The number of nitriles is 1. The molecule has 2 aromatic rings. The van der Waals surface area contributed by atoms with E-state index in [1.165, 1.54) is 11.8 Å². The number of hydrogen-bond donors (Lipinski definition) is 2. The number of carboxylic acids is 1. The van der Waals surface area contributed by atoms with Gasteiger partial charge in [0.05, 0.1) is 10.6 Å². The fourth-order valence-electron chi connectivity index (χ4n) is 1.44. The van der Waals surface area contributed by atoms with Gasteiger partial charge in [-0.25, -0.2) is 4.79 Å². The molecule has 19 heavy (non-hydrogen) atoms. The Balaban J connectivity index is 2.47. The van der Waals surface area contributed by atoms with Crippen LogP contribution in [0.25, 0.3) is 0 Å². The number of nitrogens with one attached hydrogen (secondary N) is 1. The van der Waals surface area contributed by atoms with Crippen molar-refractivity contribution in [2.75, 3.05) is 0 Å². The van der Waals surface area contributed by atoms with Crippen molar-refractivity contribution in [2.45, 2.75) is 9.92 Å². The van der Waals surface area contributed by atoms with Crippen LogP contribution in [-0.4, -0.2) is 16.1 Å². The standard InChI is InChI=1S/C13H8N2O3S/c14-7-8-6-10(13(17)18)11(16)15-12(8)19-9-4-2-1-3-5-9/h1-6H,(H,15,16)(H,17,18). The lowest BCUT2D eigenvalue weighted by Crippen LogP contribution is -2.18. The van der Waals surface area contributed by atoms with Gasteiger partial charge < -0.3 is 10.1 Å². The zero-order valence-electron chi connectivity index (χ0n) is 9.58. The second-order valence-electron chi connectivity index (χ2n) is 3.59. The molecule has 0 radical (unpaired) electrons. The molecule has 1 aromatic heterocycles. The predicted octanol–water partition coefficient (Wildman–Crippen LogP) is 2.10. The molecule has 0 fully saturated rings. The molecule has 0 saturated carbocycles. The summed E-state index contributed by atoms with van der Waals surface area (Å²) in [4.78, 5) is 25.7. The minimum Gasteiger partial charge on any atom is -0.477 e. The minimum absolute atomic E-state index is 0.130. The maximum atomic E-state index is 11.6. The number of hydrogen-bond acceptors (Lipinski definition) is 4. The van der Waals surface area contributed by atoms with E-state index in [1.54, 1.807) is 0 Å². The van der Waals surface area contributed by atoms with E-state index in [4.69, 9.17) is 10.4 Å². The molecule has 0 aliphatic carbocycles. The zero-order valence-corrected chi connectivity index (χ0v) is 10.4. The van der Waals surface area contributed by atoms with Crippen molar-refractivity contribution < 1.29 is 9.90 Å². The normalized spacial score (nSPS) is 9.84. The molecule has 0 aliphatic rings. The molecule has 0 amide bonds. The molecule has 94 valence electrons. The number of aromatic amines is 1. The first-order valence-electron chi connectivity index (χ1n) is 5.25. The van der Waals surface area contributed by atoms with Crippen LogP contribution in [0.1, 0.15) is 15.9 Å². The minimum atomic E-state index is -1.35. The Labute approximate surface area is 112 Å². The maximum Gasteiger partial charge on any atom is 0.341 e. The highest BCUT2D eigenvalue weighted by molar-refractivity contribution is 7.99. The van der Waals surface area contributed by atoms with E-state index in [-0.39, 0.29) is 5.56 Å². The molecule has 0 aliphatic heterocycles. The van der Waals surface area contributed by atoms with Crippen LogP contribution < -0.4 is 5.56 Å². The van der Waals surface area contributed by atoms with Gasteiger partial charge in [-0.15, -0.1) is 0 Å². The van der Waals surface area contributed by atoms with Gasteiger partial charge in [-0.2, -0.15) is 5.26 Å². The Kier molecular flexibility index (Phi) is 3.68. The number of carbonyl (C=O) groups is 1. The predicted molar refractivity (Wildman–Crippen MR) is 69.3 cm³/mol. The second-order valence-corrected chi connectivity index (χ2v) is 4.67. The number of rotatable bonds is 3. The highest BCUT2D eigenvalue weighted by Crippen LogP contribution is 2.27. The molecule has 2 rings (SSSR count).